The van der Waals surface area contributed by atoms with E-state index in [1.807, 2.05) is 35.1 Å². The zero-order valence-electron chi connectivity index (χ0n) is 17.1. The summed E-state index contributed by atoms with van der Waals surface area (Å²) < 4.78 is 15.3. The summed E-state index contributed by atoms with van der Waals surface area (Å²) in [6.45, 7) is 6.81. The number of Topliss-reactive ketones (excluding diaryl/α,β-unsaturated/α-hetero) is 1. The van der Waals surface area contributed by atoms with Crippen molar-refractivity contribution in [2.24, 2.45) is 5.41 Å². The number of fused-ring (bicyclic) bond motifs is 1. The quantitative estimate of drug-likeness (QED) is 0.622. The maximum absolute atomic E-state index is 13.3. The minimum atomic E-state index is -0.248. The predicted molar refractivity (Wildman–Crippen MR) is 112 cm³/mol. The van der Waals surface area contributed by atoms with Gasteiger partial charge in [0.05, 0.1) is 11.9 Å². The van der Waals surface area contributed by atoms with E-state index in [0.29, 0.717) is 6.54 Å². The number of carbonyl (C=O) groups is 1. The number of hydrogen-bond acceptors (Lipinski definition) is 3. The highest BCUT2D eigenvalue weighted by atomic mass is 19.1. The van der Waals surface area contributed by atoms with E-state index in [9.17, 15) is 9.18 Å². The van der Waals surface area contributed by atoms with Gasteiger partial charge in [-0.05, 0) is 61.1 Å². The highest BCUT2D eigenvalue weighted by Gasteiger charge is 2.35. The van der Waals surface area contributed by atoms with Gasteiger partial charge >= 0.3 is 0 Å². The van der Waals surface area contributed by atoms with E-state index in [1.165, 1.54) is 23.4 Å². The van der Waals surface area contributed by atoms with E-state index in [0.717, 1.165) is 29.7 Å². The van der Waals surface area contributed by atoms with Gasteiger partial charge in [-0.2, -0.15) is 5.10 Å². The molecule has 5 heteroatoms. The number of halogens is 1. The summed E-state index contributed by atoms with van der Waals surface area (Å²) in [5.41, 5.74) is 5.17. The summed E-state index contributed by atoms with van der Waals surface area (Å²) in [6.07, 6.45) is 3.84. The van der Waals surface area contributed by atoms with E-state index < -0.39 is 0 Å². The normalized spacial score (nSPS) is 17.7. The first kappa shape index (κ1) is 19.5. The van der Waals surface area contributed by atoms with Crippen LogP contribution < -0.4 is 5.32 Å². The van der Waals surface area contributed by atoms with Gasteiger partial charge in [-0.15, -0.1) is 0 Å². The van der Waals surface area contributed by atoms with Crippen molar-refractivity contribution >= 4 is 5.78 Å². The summed E-state index contributed by atoms with van der Waals surface area (Å²) in [5.74, 6) is -0.170. The lowest BCUT2D eigenvalue weighted by molar-refractivity contribution is 0.101. The van der Waals surface area contributed by atoms with Crippen molar-refractivity contribution in [1.82, 2.24) is 15.1 Å². The maximum atomic E-state index is 13.3. The standard InChI is InChI=1S/C24H26FN3O/c1-16(29)18-6-4-5-17(11-18)14-26-22-12-24(2,3)13-23-21(22)15-27-28(23)20-9-7-19(25)8-10-20/h4-11,15,22,26H,12-14H2,1-3H3. The molecule has 1 unspecified atom stereocenters. The van der Waals surface area contributed by atoms with Crippen LogP contribution in [0.1, 0.15) is 60.4 Å². The van der Waals surface area contributed by atoms with Crippen LogP contribution >= 0.6 is 0 Å². The number of carbonyl (C=O) groups excluding carboxylic acids is 1. The molecule has 1 atom stereocenters. The molecule has 0 saturated heterocycles. The van der Waals surface area contributed by atoms with Gasteiger partial charge in [0.1, 0.15) is 5.82 Å². The molecule has 1 aromatic heterocycles. The van der Waals surface area contributed by atoms with E-state index in [-0.39, 0.29) is 23.1 Å². The number of nitrogens with one attached hydrogen (secondary N) is 1. The Kier molecular flexibility index (Phi) is 5.09. The first-order chi connectivity index (χ1) is 13.8. The Balaban J connectivity index is 1.60. The summed E-state index contributed by atoms with van der Waals surface area (Å²) >= 11 is 0. The van der Waals surface area contributed by atoms with Gasteiger partial charge in [-0.25, -0.2) is 9.07 Å². The Bertz CT molecular complexity index is 1040. The van der Waals surface area contributed by atoms with Gasteiger partial charge in [0.25, 0.3) is 0 Å². The molecule has 0 saturated carbocycles. The van der Waals surface area contributed by atoms with Gasteiger partial charge in [0.2, 0.25) is 0 Å². The molecule has 0 amide bonds. The fourth-order valence-electron chi connectivity index (χ4n) is 4.17. The van der Waals surface area contributed by atoms with Crippen molar-refractivity contribution < 1.29 is 9.18 Å². The minimum Gasteiger partial charge on any atom is -0.306 e. The Hall–Kier alpha value is -2.79. The van der Waals surface area contributed by atoms with Crippen LogP contribution in [-0.2, 0) is 13.0 Å². The summed E-state index contributed by atoms with van der Waals surface area (Å²) in [7, 11) is 0. The van der Waals surface area contributed by atoms with Gasteiger partial charge in [-0.1, -0.05) is 32.0 Å². The second kappa shape index (κ2) is 7.56. The number of aromatic nitrogens is 2. The fourth-order valence-corrected chi connectivity index (χ4v) is 4.17. The molecule has 0 spiro atoms. The summed E-state index contributed by atoms with van der Waals surface area (Å²) in [4.78, 5) is 11.7. The lowest BCUT2D eigenvalue weighted by Gasteiger charge is -2.36. The molecule has 2 aromatic carbocycles. The Morgan fingerprint density at radius 3 is 2.72 bits per heavy atom. The molecule has 0 fully saturated rings. The van der Waals surface area contributed by atoms with Crippen LogP contribution in [0, 0.1) is 11.2 Å². The molecule has 150 valence electrons. The number of hydrogen-bond donors (Lipinski definition) is 1. The number of rotatable bonds is 5. The number of ketones is 1. The average molecular weight is 391 g/mol. The van der Waals surface area contributed by atoms with Gasteiger partial charge < -0.3 is 5.32 Å². The van der Waals surface area contributed by atoms with Crippen molar-refractivity contribution in [3.63, 3.8) is 0 Å². The molecule has 1 aliphatic rings. The molecule has 4 nitrogen and oxygen atoms in total. The first-order valence-electron chi connectivity index (χ1n) is 9.98. The summed E-state index contributed by atoms with van der Waals surface area (Å²) in [6, 6.07) is 14.4. The third-order valence-electron chi connectivity index (χ3n) is 5.64. The molecule has 0 radical (unpaired) electrons. The van der Waals surface area contributed by atoms with Crippen molar-refractivity contribution in [2.45, 2.75) is 46.2 Å². The minimum absolute atomic E-state index is 0.0773. The van der Waals surface area contributed by atoms with E-state index in [1.54, 1.807) is 19.1 Å². The zero-order chi connectivity index (χ0) is 20.6. The maximum Gasteiger partial charge on any atom is 0.159 e. The smallest absolute Gasteiger partial charge is 0.159 e. The molecule has 0 bridgehead atoms. The van der Waals surface area contributed by atoms with Crippen LogP contribution in [0.25, 0.3) is 5.69 Å². The van der Waals surface area contributed by atoms with E-state index >= 15 is 0 Å². The Morgan fingerprint density at radius 1 is 1.24 bits per heavy atom. The van der Waals surface area contributed by atoms with Crippen molar-refractivity contribution in [1.29, 1.82) is 0 Å². The SMILES string of the molecule is CC(=O)c1cccc(CNC2CC(C)(C)Cc3c2cnn3-c2ccc(F)cc2)c1. The Labute approximate surface area is 170 Å². The fraction of sp³-hybridized carbons (Fsp3) is 0.333. The van der Waals surface area contributed by atoms with E-state index in [2.05, 4.69) is 24.3 Å². The summed E-state index contributed by atoms with van der Waals surface area (Å²) in [5, 5.41) is 8.28. The monoisotopic (exact) mass is 391 g/mol. The molecule has 1 aliphatic carbocycles. The first-order valence-corrected chi connectivity index (χ1v) is 9.98. The lowest BCUT2D eigenvalue weighted by atomic mass is 9.74. The van der Waals surface area contributed by atoms with Crippen molar-refractivity contribution in [2.75, 3.05) is 0 Å². The highest BCUT2D eigenvalue weighted by molar-refractivity contribution is 5.94. The predicted octanol–water partition coefficient (Wildman–Crippen LogP) is 5.02. The molecular weight excluding hydrogens is 365 g/mol. The average Bonchev–Trinajstić information content (AvgIpc) is 3.09. The zero-order valence-corrected chi connectivity index (χ0v) is 17.1. The third kappa shape index (κ3) is 4.15. The van der Waals surface area contributed by atoms with Crippen molar-refractivity contribution in [3.8, 4) is 5.69 Å². The van der Waals surface area contributed by atoms with Crippen molar-refractivity contribution in [3.05, 3.63) is 82.9 Å². The third-order valence-corrected chi connectivity index (χ3v) is 5.64. The van der Waals surface area contributed by atoms with Crippen LogP contribution in [-0.4, -0.2) is 15.6 Å². The second-order valence-electron chi connectivity index (χ2n) is 8.67. The van der Waals surface area contributed by atoms with Gasteiger partial charge in [-0.3, -0.25) is 4.79 Å². The molecule has 0 aliphatic heterocycles. The largest absolute Gasteiger partial charge is 0.306 e. The second-order valence-corrected chi connectivity index (χ2v) is 8.67. The molecule has 4 rings (SSSR count). The highest BCUT2D eigenvalue weighted by Crippen LogP contribution is 2.41. The molecule has 3 aromatic rings. The van der Waals surface area contributed by atoms with Crippen LogP contribution in [0.2, 0.25) is 0 Å². The van der Waals surface area contributed by atoms with E-state index in [4.69, 9.17) is 0 Å². The topological polar surface area (TPSA) is 46.9 Å². The van der Waals surface area contributed by atoms with Crippen LogP contribution in [0.3, 0.4) is 0 Å². The molecule has 1 heterocycles. The van der Waals surface area contributed by atoms with Crippen LogP contribution in [0.5, 0.6) is 0 Å². The molecule has 29 heavy (non-hydrogen) atoms. The molecule has 1 N–H and O–H groups in total. The lowest BCUT2D eigenvalue weighted by Crippen LogP contribution is -2.33. The molecular formula is C24H26FN3O. The number of nitrogens with zero attached hydrogens (tertiary/aromatic N) is 2. The Morgan fingerprint density at radius 2 is 2.00 bits per heavy atom. The number of benzene rings is 2. The van der Waals surface area contributed by atoms with Crippen LogP contribution in [0.15, 0.2) is 54.7 Å². The van der Waals surface area contributed by atoms with Gasteiger partial charge in [0.15, 0.2) is 5.78 Å². The van der Waals surface area contributed by atoms with Gasteiger partial charge in [0, 0.05) is 29.4 Å². The van der Waals surface area contributed by atoms with Crippen LogP contribution in [0.4, 0.5) is 4.39 Å².